The predicted molar refractivity (Wildman–Crippen MR) is 50.4 cm³/mol. The summed E-state index contributed by atoms with van der Waals surface area (Å²) in [6.45, 7) is 1.51. The number of nitrogens with zero attached hydrogens (tertiary/aromatic N) is 1. The Bertz CT molecular complexity index is 173. The quantitative estimate of drug-likeness (QED) is 0.629. The molecule has 0 radical (unpaired) electrons. The van der Waals surface area contributed by atoms with Gasteiger partial charge in [-0.2, -0.15) is 0 Å². The third kappa shape index (κ3) is 2.97. The molecule has 4 nitrogen and oxygen atoms in total. The molecule has 1 aliphatic rings. The van der Waals surface area contributed by atoms with Crippen LogP contribution >= 0.6 is 0 Å². The van der Waals surface area contributed by atoms with Gasteiger partial charge in [-0.15, -0.1) is 0 Å². The summed E-state index contributed by atoms with van der Waals surface area (Å²) in [5, 5.41) is 11.7. The van der Waals surface area contributed by atoms with E-state index in [1.54, 1.807) is 7.05 Å². The lowest BCUT2D eigenvalue weighted by molar-refractivity contribution is -0.122. The van der Waals surface area contributed by atoms with Crippen molar-refractivity contribution in [3.63, 3.8) is 0 Å². The van der Waals surface area contributed by atoms with Crippen LogP contribution < -0.4 is 5.32 Å². The van der Waals surface area contributed by atoms with Crippen molar-refractivity contribution in [1.29, 1.82) is 0 Å². The maximum atomic E-state index is 11.1. The molecular formula is C9H18N2O2. The van der Waals surface area contributed by atoms with Gasteiger partial charge in [0.1, 0.15) is 0 Å². The Labute approximate surface area is 78.9 Å². The second kappa shape index (κ2) is 5.19. The van der Waals surface area contributed by atoms with Crippen molar-refractivity contribution >= 4 is 5.91 Å². The molecule has 0 aromatic carbocycles. The third-order valence-electron chi connectivity index (χ3n) is 2.59. The normalized spacial score (nSPS) is 24.3. The number of rotatable bonds is 3. The van der Waals surface area contributed by atoms with E-state index < -0.39 is 0 Å². The highest BCUT2D eigenvalue weighted by molar-refractivity contribution is 5.77. The smallest absolute Gasteiger partial charge is 0.233 e. The van der Waals surface area contributed by atoms with Crippen molar-refractivity contribution in [3.05, 3.63) is 0 Å². The number of hydrogen-bond donors (Lipinski definition) is 2. The van der Waals surface area contributed by atoms with Crippen LogP contribution in [0.25, 0.3) is 0 Å². The minimum absolute atomic E-state index is 0.0281. The predicted octanol–water partition coefficient (Wildman–Crippen LogP) is -0.421. The average Bonchev–Trinajstić information content (AvgIpc) is 2.18. The van der Waals surface area contributed by atoms with E-state index in [0.717, 1.165) is 25.8 Å². The molecule has 13 heavy (non-hydrogen) atoms. The van der Waals surface area contributed by atoms with Crippen LogP contribution in [0.1, 0.15) is 19.3 Å². The van der Waals surface area contributed by atoms with Crippen LogP contribution in [0.15, 0.2) is 0 Å². The Morgan fingerprint density at radius 3 is 3.00 bits per heavy atom. The van der Waals surface area contributed by atoms with E-state index in [1.807, 2.05) is 0 Å². The number of likely N-dealkylation sites (tertiary alicyclic amines) is 1. The molecule has 1 rings (SSSR count). The van der Waals surface area contributed by atoms with Gasteiger partial charge in [0.15, 0.2) is 0 Å². The van der Waals surface area contributed by atoms with Gasteiger partial charge in [0.2, 0.25) is 5.91 Å². The molecule has 4 heteroatoms. The number of nitrogens with one attached hydrogen (secondary N) is 1. The molecule has 1 fully saturated rings. The van der Waals surface area contributed by atoms with Gasteiger partial charge in [0.25, 0.3) is 0 Å². The van der Waals surface area contributed by atoms with Crippen LogP contribution in [0, 0.1) is 0 Å². The Kier molecular flexibility index (Phi) is 4.18. The second-order valence-electron chi connectivity index (χ2n) is 3.48. The zero-order valence-electron chi connectivity index (χ0n) is 8.12. The number of likely N-dealkylation sites (N-methyl/N-ethyl adjacent to an activating group) is 1. The number of amides is 1. The van der Waals surface area contributed by atoms with Crippen molar-refractivity contribution in [2.45, 2.75) is 25.3 Å². The van der Waals surface area contributed by atoms with Crippen LogP contribution in [0.4, 0.5) is 0 Å². The summed E-state index contributed by atoms with van der Waals surface area (Å²) in [6.07, 6.45) is 3.30. The van der Waals surface area contributed by atoms with Crippen LogP contribution in [0.5, 0.6) is 0 Å². The minimum Gasteiger partial charge on any atom is -0.395 e. The number of piperidine rings is 1. The molecule has 0 unspecified atom stereocenters. The average molecular weight is 186 g/mol. The largest absolute Gasteiger partial charge is 0.395 e. The zero-order valence-corrected chi connectivity index (χ0v) is 8.12. The summed E-state index contributed by atoms with van der Waals surface area (Å²) in [5.41, 5.74) is 0. The lowest BCUT2D eigenvalue weighted by atomic mass is 10.0. The monoisotopic (exact) mass is 186 g/mol. The molecule has 1 amide bonds. The molecule has 0 aliphatic carbocycles. The van der Waals surface area contributed by atoms with Gasteiger partial charge < -0.3 is 10.4 Å². The van der Waals surface area contributed by atoms with Gasteiger partial charge in [-0.25, -0.2) is 0 Å². The first-order valence-electron chi connectivity index (χ1n) is 4.83. The fraction of sp³-hybridized carbons (Fsp3) is 0.889. The van der Waals surface area contributed by atoms with Crippen molar-refractivity contribution in [3.8, 4) is 0 Å². The van der Waals surface area contributed by atoms with Gasteiger partial charge in [-0.1, -0.05) is 6.42 Å². The van der Waals surface area contributed by atoms with Crippen molar-refractivity contribution in [2.75, 3.05) is 26.7 Å². The van der Waals surface area contributed by atoms with E-state index in [9.17, 15) is 4.79 Å². The number of hydrogen-bond acceptors (Lipinski definition) is 3. The highest BCUT2D eigenvalue weighted by atomic mass is 16.3. The molecule has 0 aromatic heterocycles. The van der Waals surface area contributed by atoms with E-state index in [4.69, 9.17) is 5.11 Å². The maximum absolute atomic E-state index is 11.1. The lowest BCUT2D eigenvalue weighted by Crippen LogP contribution is -2.46. The number of aliphatic hydroxyl groups is 1. The Morgan fingerprint density at radius 2 is 2.38 bits per heavy atom. The maximum Gasteiger partial charge on any atom is 0.233 e. The summed E-state index contributed by atoms with van der Waals surface area (Å²) in [4.78, 5) is 13.2. The molecule has 0 bridgehead atoms. The molecule has 0 aromatic rings. The van der Waals surface area contributed by atoms with Crippen LogP contribution in [-0.2, 0) is 4.79 Å². The van der Waals surface area contributed by atoms with Crippen molar-refractivity contribution in [2.24, 2.45) is 0 Å². The number of carbonyl (C=O) groups excluding carboxylic acids is 1. The van der Waals surface area contributed by atoms with E-state index in [2.05, 4.69) is 10.2 Å². The topological polar surface area (TPSA) is 52.6 Å². The summed E-state index contributed by atoms with van der Waals surface area (Å²) in [5.74, 6) is 0.0281. The van der Waals surface area contributed by atoms with E-state index in [1.165, 1.54) is 0 Å². The van der Waals surface area contributed by atoms with Gasteiger partial charge in [0, 0.05) is 13.1 Å². The first-order chi connectivity index (χ1) is 6.27. The number of aliphatic hydroxyl groups excluding tert-OH is 1. The molecule has 0 saturated carbocycles. The third-order valence-corrected chi connectivity index (χ3v) is 2.59. The van der Waals surface area contributed by atoms with Gasteiger partial charge in [-0.3, -0.25) is 9.69 Å². The Morgan fingerprint density at radius 1 is 1.62 bits per heavy atom. The first kappa shape index (κ1) is 10.5. The zero-order chi connectivity index (χ0) is 9.68. The molecule has 1 heterocycles. The second-order valence-corrected chi connectivity index (χ2v) is 3.48. The Balaban J connectivity index is 2.40. The standard InChI is InChI=1S/C9H18N2O2/c1-10-9(13)6-11-5-3-2-4-8(11)7-12/h8,12H,2-7H2,1H3,(H,10,13)/t8-/m0/s1. The van der Waals surface area contributed by atoms with Gasteiger partial charge in [-0.05, 0) is 19.4 Å². The molecule has 0 spiro atoms. The fourth-order valence-corrected chi connectivity index (χ4v) is 1.74. The summed E-state index contributed by atoms with van der Waals surface area (Å²) >= 11 is 0. The summed E-state index contributed by atoms with van der Waals surface area (Å²) in [7, 11) is 1.64. The van der Waals surface area contributed by atoms with Crippen LogP contribution in [-0.4, -0.2) is 48.7 Å². The first-order valence-corrected chi connectivity index (χ1v) is 4.83. The number of carbonyl (C=O) groups is 1. The van der Waals surface area contributed by atoms with Crippen molar-refractivity contribution < 1.29 is 9.90 Å². The Hall–Kier alpha value is -0.610. The fourth-order valence-electron chi connectivity index (χ4n) is 1.74. The van der Waals surface area contributed by atoms with Crippen molar-refractivity contribution in [1.82, 2.24) is 10.2 Å². The molecule has 1 saturated heterocycles. The highest BCUT2D eigenvalue weighted by Gasteiger charge is 2.22. The van der Waals surface area contributed by atoms with Gasteiger partial charge in [0.05, 0.1) is 13.2 Å². The molecule has 1 aliphatic heterocycles. The molecule has 76 valence electrons. The highest BCUT2D eigenvalue weighted by Crippen LogP contribution is 2.15. The molecule has 1 atom stereocenters. The summed E-state index contributed by atoms with van der Waals surface area (Å²) in [6, 6.07) is 0.186. The van der Waals surface area contributed by atoms with Gasteiger partial charge >= 0.3 is 0 Å². The molecular weight excluding hydrogens is 168 g/mol. The lowest BCUT2D eigenvalue weighted by Gasteiger charge is -2.33. The van der Waals surface area contributed by atoms with E-state index >= 15 is 0 Å². The SMILES string of the molecule is CNC(=O)CN1CCCC[C@H]1CO. The summed E-state index contributed by atoms with van der Waals surface area (Å²) < 4.78 is 0. The minimum atomic E-state index is 0.0281. The van der Waals surface area contributed by atoms with Crippen LogP contribution in [0.3, 0.4) is 0 Å². The van der Waals surface area contributed by atoms with E-state index in [-0.39, 0.29) is 18.6 Å². The van der Waals surface area contributed by atoms with Crippen LogP contribution in [0.2, 0.25) is 0 Å². The van der Waals surface area contributed by atoms with E-state index in [0.29, 0.717) is 6.54 Å². The molecule has 2 N–H and O–H groups in total.